The number of hydrogen-bond donors (Lipinski definition) is 1. The summed E-state index contributed by atoms with van der Waals surface area (Å²) in [6.45, 7) is 7.68. The summed E-state index contributed by atoms with van der Waals surface area (Å²) >= 11 is 0. The predicted octanol–water partition coefficient (Wildman–Crippen LogP) is 1.79. The molecule has 16 heavy (non-hydrogen) atoms. The van der Waals surface area contributed by atoms with Crippen LogP contribution in [0.15, 0.2) is 6.33 Å². The van der Waals surface area contributed by atoms with Gasteiger partial charge in [0.25, 0.3) is 0 Å². The van der Waals surface area contributed by atoms with Crippen LogP contribution in [0.2, 0.25) is 0 Å². The Morgan fingerprint density at radius 3 is 2.94 bits per heavy atom. The summed E-state index contributed by atoms with van der Waals surface area (Å²) in [6, 6.07) is 1.09. The van der Waals surface area contributed by atoms with E-state index in [0.717, 1.165) is 24.7 Å². The minimum Gasteiger partial charge on any atom is -0.314 e. The lowest BCUT2D eigenvalue weighted by Crippen LogP contribution is -2.38. The van der Waals surface area contributed by atoms with Gasteiger partial charge in [0, 0.05) is 18.5 Å². The molecule has 0 bridgehead atoms. The topological polar surface area (TPSA) is 42.7 Å². The fourth-order valence-electron chi connectivity index (χ4n) is 2.34. The van der Waals surface area contributed by atoms with E-state index in [2.05, 4.69) is 36.2 Å². The van der Waals surface area contributed by atoms with Crippen molar-refractivity contribution in [1.82, 2.24) is 20.1 Å². The Morgan fingerprint density at radius 2 is 2.31 bits per heavy atom. The number of hydrogen-bond acceptors (Lipinski definition) is 3. The Labute approximate surface area is 97.5 Å². The molecule has 2 rings (SSSR count). The molecule has 1 aliphatic rings. The number of aromatic nitrogens is 3. The van der Waals surface area contributed by atoms with Gasteiger partial charge in [0.1, 0.15) is 12.2 Å². The van der Waals surface area contributed by atoms with Gasteiger partial charge in [0.05, 0.1) is 0 Å². The zero-order valence-corrected chi connectivity index (χ0v) is 10.5. The van der Waals surface area contributed by atoms with Gasteiger partial charge in [0.2, 0.25) is 0 Å². The van der Waals surface area contributed by atoms with E-state index in [1.54, 1.807) is 6.33 Å². The van der Waals surface area contributed by atoms with Gasteiger partial charge in [0.15, 0.2) is 0 Å². The molecule has 1 aliphatic heterocycles. The van der Waals surface area contributed by atoms with Crippen molar-refractivity contribution in [1.29, 1.82) is 0 Å². The molecule has 0 saturated carbocycles. The lowest BCUT2D eigenvalue weighted by Gasteiger charge is -2.27. The van der Waals surface area contributed by atoms with E-state index in [0.29, 0.717) is 12.1 Å². The third-order valence-corrected chi connectivity index (χ3v) is 3.37. The highest BCUT2D eigenvalue weighted by Crippen LogP contribution is 2.19. The van der Waals surface area contributed by atoms with E-state index < -0.39 is 0 Å². The molecule has 90 valence electrons. The molecular weight excluding hydrogens is 200 g/mol. The lowest BCUT2D eigenvalue weighted by molar-refractivity contribution is 0.313. The third kappa shape index (κ3) is 2.61. The Balaban J connectivity index is 1.96. The van der Waals surface area contributed by atoms with E-state index in [4.69, 9.17) is 0 Å². The van der Waals surface area contributed by atoms with Crippen LogP contribution in [0, 0.1) is 5.92 Å². The summed E-state index contributed by atoms with van der Waals surface area (Å²) in [5.41, 5.74) is 0. The van der Waals surface area contributed by atoms with Gasteiger partial charge in [-0.2, -0.15) is 5.10 Å². The summed E-state index contributed by atoms with van der Waals surface area (Å²) in [7, 11) is 0. The molecule has 4 nitrogen and oxygen atoms in total. The van der Waals surface area contributed by atoms with Crippen molar-refractivity contribution >= 4 is 0 Å². The van der Waals surface area contributed by atoms with Crippen LogP contribution in [-0.4, -0.2) is 27.4 Å². The molecule has 1 fully saturated rings. The first-order chi connectivity index (χ1) is 7.66. The van der Waals surface area contributed by atoms with Crippen LogP contribution in [0.3, 0.4) is 0 Å². The van der Waals surface area contributed by atoms with Gasteiger partial charge >= 0.3 is 0 Å². The Morgan fingerprint density at radius 1 is 1.50 bits per heavy atom. The second-order valence-corrected chi connectivity index (χ2v) is 5.17. The van der Waals surface area contributed by atoms with Gasteiger partial charge in [-0.15, -0.1) is 0 Å². The quantitative estimate of drug-likeness (QED) is 0.848. The van der Waals surface area contributed by atoms with Crippen molar-refractivity contribution in [3.05, 3.63) is 12.2 Å². The third-order valence-electron chi connectivity index (χ3n) is 3.37. The zero-order chi connectivity index (χ0) is 11.5. The molecule has 2 unspecified atom stereocenters. The van der Waals surface area contributed by atoms with Crippen LogP contribution in [0.25, 0.3) is 0 Å². The molecule has 1 aromatic heterocycles. The second-order valence-electron chi connectivity index (χ2n) is 5.17. The van der Waals surface area contributed by atoms with Crippen molar-refractivity contribution < 1.29 is 0 Å². The average Bonchev–Trinajstić information content (AvgIpc) is 2.69. The molecule has 0 amide bonds. The van der Waals surface area contributed by atoms with Crippen LogP contribution in [0.4, 0.5) is 0 Å². The Bertz CT molecular complexity index is 324. The number of piperidine rings is 1. The molecule has 0 radical (unpaired) electrons. The molecule has 4 heteroatoms. The molecule has 0 aliphatic carbocycles. The first-order valence-corrected chi connectivity index (χ1v) is 6.28. The van der Waals surface area contributed by atoms with Crippen molar-refractivity contribution in [3.8, 4) is 0 Å². The van der Waals surface area contributed by atoms with Crippen molar-refractivity contribution in [3.63, 3.8) is 0 Å². The molecule has 0 aromatic carbocycles. The summed E-state index contributed by atoms with van der Waals surface area (Å²) in [5.74, 6) is 1.86. The highest BCUT2D eigenvalue weighted by atomic mass is 15.3. The van der Waals surface area contributed by atoms with Gasteiger partial charge in [-0.1, -0.05) is 0 Å². The number of rotatable bonds is 3. The average molecular weight is 222 g/mol. The smallest absolute Gasteiger partial charge is 0.138 e. The van der Waals surface area contributed by atoms with Crippen LogP contribution < -0.4 is 5.32 Å². The maximum Gasteiger partial charge on any atom is 0.138 e. The first kappa shape index (κ1) is 11.6. The molecule has 2 heterocycles. The standard InChI is InChI=1S/C12H22N4/c1-9(2)16-12(14-8-15-16)6-11-5-4-10(3)13-7-11/h8-11,13H,4-7H2,1-3H3. The van der Waals surface area contributed by atoms with Crippen molar-refractivity contribution in [2.45, 2.75) is 52.1 Å². The summed E-state index contributed by atoms with van der Waals surface area (Å²) in [4.78, 5) is 4.37. The molecule has 1 aromatic rings. The minimum atomic E-state index is 0.410. The highest BCUT2D eigenvalue weighted by Gasteiger charge is 2.20. The van der Waals surface area contributed by atoms with Crippen LogP contribution >= 0.6 is 0 Å². The summed E-state index contributed by atoms with van der Waals surface area (Å²) < 4.78 is 2.04. The highest BCUT2D eigenvalue weighted by molar-refractivity contribution is 4.91. The minimum absolute atomic E-state index is 0.410. The monoisotopic (exact) mass is 222 g/mol. The normalized spacial score (nSPS) is 26.2. The number of nitrogens with one attached hydrogen (secondary N) is 1. The Hall–Kier alpha value is -0.900. The van der Waals surface area contributed by atoms with Gasteiger partial charge in [-0.05, 0) is 46.1 Å². The fraction of sp³-hybridized carbons (Fsp3) is 0.833. The van der Waals surface area contributed by atoms with E-state index >= 15 is 0 Å². The van der Waals surface area contributed by atoms with Crippen LogP contribution in [0.5, 0.6) is 0 Å². The lowest BCUT2D eigenvalue weighted by atomic mass is 9.92. The predicted molar refractivity (Wildman–Crippen MR) is 64.3 cm³/mol. The van der Waals surface area contributed by atoms with E-state index in [-0.39, 0.29) is 0 Å². The van der Waals surface area contributed by atoms with Crippen LogP contribution in [-0.2, 0) is 6.42 Å². The summed E-state index contributed by atoms with van der Waals surface area (Å²) in [6.07, 6.45) is 5.31. The fourth-order valence-corrected chi connectivity index (χ4v) is 2.34. The molecular formula is C12H22N4. The van der Waals surface area contributed by atoms with Crippen molar-refractivity contribution in [2.75, 3.05) is 6.54 Å². The van der Waals surface area contributed by atoms with E-state index in [1.807, 2.05) is 4.68 Å². The van der Waals surface area contributed by atoms with Gasteiger partial charge in [-0.25, -0.2) is 9.67 Å². The van der Waals surface area contributed by atoms with E-state index in [9.17, 15) is 0 Å². The second kappa shape index (κ2) is 4.95. The molecule has 1 N–H and O–H groups in total. The maximum absolute atomic E-state index is 4.37. The Kier molecular flexibility index (Phi) is 3.59. The molecule has 2 atom stereocenters. The largest absolute Gasteiger partial charge is 0.314 e. The first-order valence-electron chi connectivity index (χ1n) is 6.28. The zero-order valence-electron chi connectivity index (χ0n) is 10.5. The maximum atomic E-state index is 4.37. The van der Waals surface area contributed by atoms with E-state index in [1.165, 1.54) is 12.8 Å². The number of nitrogens with zero attached hydrogens (tertiary/aromatic N) is 3. The van der Waals surface area contributed by atoms with Crippen molar-refractivity contribution in [2.24, 2.45) is 5.92 Å². The van der Waals surface area contributed by atoms with Gasteiger partial charge in [-0.3, -0.25) is 0 Å². The SMILES string of the molecule is CC1CCC(Cc2ncnn2C(C)C)CN1. The molecule has 1 saturated heterocycles. The van der Waals surface area contributed by atoms with Crippen LogP contribution in [0.1, 0.15) is 45.5 Å². The van der Waals surface area contributed by atoms with Gasteiger partial charge < -0.3 is 5.32 Å². The molecule has 0 spiro atoms. The summed E-state index contributed by atoms with van der Waals surface area (Å²) in [5, 5.41) is 7.82.